The molecule has 0 saturated heterocycles. The van der Waals surface area contributed by atoms with E-state index < -0.39 is 9.04 Å². The van der Waals surface area contributed by atoms with E-state index in [2.05, 4.69) is 39.9 Å². The van der Waals surface area contributed by atoms with E-state index in [-0.39, 0.29) is 17.5 Å². The minimum Gasteiger partial charge on any atom is -0.547 e. The first kappa shape index (κ1) is 14.3. The molecule has 4 heteroatoms. The van der Waals surface area contributed by atoms with Crippen LogP contribution in [0.2, 0.25) is 13.1 Å². The first-order chi connectivity index (χ1) is 7.70. The normalized spacial score (nSPS) is 24.8. The van der Waals surface area contributed by atoms with Crippen molar-refractivity contribution in [3.8, 4) is 0 Å². The molecule has 0 saturated carbocycles. The maximum absolute atomic E-state index is 11.1. The molecule has 98 valence electrons. The average Bonchev–Trinajstić information content (AvgIpc) is 2.45. The number of allylic oxidation sites excluding steroid dienone is 1. The molecule has 1 rings (SSSR count). The van der Waals surface area contributed by atoms with Crippen molar-refractivity contribution in [1.82, 2.24) is 0 Å². The Bertz CT molecular complexity index is 315. The summed E-state index contributed by atoms with van der Waals surface area (Å²) in [4.78, 5) is 11.1. The zero-order valence-electron chi connectivity index (χ0n) is 11.7. The van der Waals surface area contributed by atoms with Gasteiger partial charge in [0.15, 0.2) is 6.10 Å². The molecule has 0 aliphatic heterocycles. The summed E-state index contributed by atoms with van der Waals surface area (Å²) in [6.07, 6.45) is 2.83. The van der Waals surface area contributed by atoms with Gasteiger partial charge in [-0.2, -0.15) is 0 Å². The highest BCUT2D eigenvalue weighted by molar-refractivity contribution is 6.48. The van der Waals surface area contributed by atoms with Gasteiger partial charge in [-0.15, -0.1) is 0 Å². The standard InChI is InChI=1S/C13H24O3Si/c1-9(14)15-11-7-10(13(2,3)4)8-12(11)16-17(5)6/h8,10-11,17H,7H2,1-6H3. The number of carbonyl (C=O) groups excluding carboxylic acids is 1. The van der Waals surface area contributed by atoms with E-state index >= 15 is 0 Å². The van der Waals surface area contributed by atoms with Crippen LogP contribution < -0.4 is 0 Å². The molecule has 0 radical (unpaired) electrons. The topological polar surface area (TPSA) is 35.5 Å². The number of hydrogen-bond acceptors (Lipinski definition) is 3. The summed E-state index contributed by atoms with van der Waals surface area (Å²) >= 11 is 0. The quantitative estimate of drug-likeness (QED) is 0.575. The van der Waals surface area contributed by atoms with Crippen molar-refractivity contribution in [1.29, 1.82) is 0 Å². The lowest BCUT2D eigenvalue weighted by molar-refractivity contribution is -0.146. The van der Waals surface area contributed by atoms with Crippen molar-refractivity contribution in [3.63, 3.8) is 0 Å². The Balaban J connectivity index is 2.79. The van der Waals surface area contributed by atoms with Crippen LogP contribution in [-0.2, 0) is 14.0 Å². The molecule has 0 aromatic rings. The molecule has 0 amide bonds. The first-order valence-electron chi connectivity index (χ1n) is 6.25. The molecule has 0 aromatic heterocycles. The van der Waals surface area contributed by atoms with Gasteiger partial charge in [0.2, 0.25) is 9.04 Å². The van der Waals surface area contributed by atoms with E-state index in [9.17, 15) is 4.79 Å². The van der Waals surface area contributed by atoms with Gasteiger partial charge in [0, 0.05) is 6.92 Å². The molecule has 0 bridgehead atoms. The van der Waals surface area contributed by atoms with E-state index in [0.29, 0.717) is 5.92 Å². The lowest BCUT2D eigenvalue weighted by Gasteiger charge is -2.25. The second kappa shape index (κ2) is 5.25. The Morgan fingerprint density at radius 3 is 2.41 bits per heavy atom. The van der Waals surface area contributed by atoms with Crippen LogP contribution in [0.15, 0.2) is 11.8 Å². The summed E-state index contributed by atoms with van der Waals surface area (Å²) in [6.45, 7) is 12.3. The van der Waals surface area contributed by atoms with Crippen molar-refractivity contribution in [2.75, 3.05) is 0 Å². The predicted octanol–water partition coefficient (Wildman–Crippen LogP) is 2.87. The Morgan fingerprint density at radius 1 is 1.41 bits per heavy atom. The predicted molar refractivity (Wildman–Crippen MR) is 71.2 cm³/mol. The van der Waals surface area contributed by atoms with Gasteiger partial charge in [-0.1, -0.05) is 20.8 Å². The van der Waals surface area contributed by atoms with Crippen molar-refractivity contribution in [2.24, 2.45) is 11.3 Å². The third kappa shape index (κ3) is 4.19. The summed E-state index contributed by atoms with van der Waals surface area (Å²) in [7, 11) is -1.15. The van der Waals surface area contributed by atoms with Crippen molar-refractivity contribution in [3.05, 3.63) is 11.8 Å². The molecule has 3 nitrogen and oxygen atoms in total. The summed E-state index contributed by atoms with van der Waals surface area (Å²) in [5.74, 6) is 1.06. The van der Waals surface area contributed by atoms with E-state index in [1.807, 2.05) is 0 Å². The summed E-state index contributed by atoms with van der Waals surface area (Å²) in [5.41, 5.74) is 0.183. The smallest absolute Gasteiger partial charge is 0.303 e. The number of esters is 1. The molecule has 0 spiro atoms. The van der Waals surface area contributed by atoms with Crippen LogP contribution in [0, 0.1) is 11.3 Å². The lowest BCUT2D eigenvalue weighted by Crippen LogP contribution is -2.23. The van der Waals surface area contributed by atoms with Gasteiger partial charge < -0.3 is 9.16 Å². The molecule has 0 aromatic carbocycles. The number of carbonyl (C=O) groups is 1. The summed E-state index contributed by atoms with van der Waals surface area (Å²) in [5, 5.41) is 0. The Hall–Kier alpha value is -0.773. The SMILES string of the molecule is CC(=O)OC1CC(C(C)(C)C)C=C1O[SiH](C)C. The minimum atomic E-state index is -1.15. The summed E-state index contributed by atoms with van der Waals surface area (Å²) < 4.78 is 11.2. The van der Waals surface area contributed by atoms with Gasteiger partial charge in [0.1, 0.15) is 5.76 Å². The fraction of sp³-hybridized carbons (Fsp3) is 0.769. The molecule has 17 heavy (non-hydrogen) atoms. The Kier molecular flexibility index (Phi) is 4.41. The van der Waals surface area contributed by atoms with Gasteiger partial charge >= 0.3 is 5.97 Å². The van der Waals surface area contributed by atoms with Crippen molar-refractivity contribution < 1.29 is 14.0 Å². The molecular weight excluding hydrogens is 232 g/mol. The largest absolute Gasteiger partial charge is 0.547 e. The monoisotopic (exact) mass is 256 g/mol. The second-order valence-corrected chi connectivity index (χ2v) is 8.38. The van der Waals surface area contributed by atoms with Crippen LogP contribution in [0.1, 0.15) is 34.1 Å². The van der Waals surface area contributed by atoms with Crippen LogP contribution in [0.3, 0.4) is 0 Å². The van der Waals surface area contributed by atoms with Crippen molar-refractivity contribution >= 4 is 15.0 Å². The zero-order chi connectivity index (χ0) is 13.2. The molecule has 2 atom stereocenters. The van der Waals surface area contributed by atoms with Gasteiger partial charge in [0.05, 0.1) is 0 Å². The Morgan fingerprint density at radius 2 is 2.00 bits per heavy atom. The third-order valence-corrected chi connectivity index (χ3v) is 3.69. The summed E-state index contributed by atoms with van der Waals surface area (Å²) in [6, 6.07) is 0. The second-order valence-electron chi connectivity index (χ2n) is 6.04. The van der Waals surface area contributed by atoms with Gasteiger partial charge in [-0.25, -0.2) is 0 Å². The number of rotatable bonds is 3. The number of ether oxygens (including phenoxy) is 1. The molecule has 0 heterocycles. The highest BCUT2D eigenvalue weighted by Crippen LogP contribution is 2.39. The zero-order valence-corrected chi connectivity index (χ0v) is 12.9. The van der Waals surface area contributed by atoms with E-state index in [1.165, 1.54) is 6.92 Å². The molecule has 1 aliphatic rings. The maximum Gasteiger partial charge on any atom is 0.303 e. The highest BCUT2D eigenvalue weighted by Gasteiger charge is 2.36. The number of hydrogen-bond donors (Lipinski definition) is 0. The molecule has 0 N–H and O–H groups in total. The third-order valence-electron chi connectivity index (χ3n) is 2.94. The van der Waals surface area contributed by atoms with Gasteiger partial charge in [-0.3, -0.25) is 4.79 Å². The lowest BCUT2D eigenvalue weighted by atomic mass is 9.80. The fourth-order valence-corrected chi connectivity index (χ4v) is 2.79. The van der Waals surface area contributed by atoms with Gasteiger partial charge in [0.25, 0.3) is 0 Å². The minimum absolute atomic E-state index is 0.174. The molecular formula is C13H24O3Si. The van der Waals surface area contributed by atoms with Crippen LogP contribution in [0.5, 0.6) is 0 Å². The maximum atomic E-state index is 11.1. The molecule has 2 unspecified atom stereocenters. The molecule has 1 aliphatic carbocycles. The van der Waals surface area contributed by atoms with Crippen LogP contribution >= 0.6 is 0 Å². The van der Waals surface area contributed by atoms with E-state index in [1.54, 1.807) is 0 Å². The van der Waals surface area contributed by atoms with E-state index in [0.717, 1.165) is 12.2 Å². The molecule has 0 fully saturated rings. The average molecular weight is 256 g/mol. The fourth-order valence-electron chi connectivity index (χ4n) is 2.02. The van der Waals surface area contributed by atoms with E-state index in [4.69, 9.17) is 9.16 Å². The first-order valence-corrected chi connectivity index (χ1v) is 9.04. The van der Waals surface area contributed by atoms with Crippen LogP contribution in [-0.4, -0.2) is 21.1 Å². The Labute approximate surface area is 106 Å². The highest BCUT2D eigenvalue weighted by atomic mass is 28.3. The van der Waals surface area contributed by atoms with Crippen molar-refractivity contribution in [2.45, 2.75) is 53.3 Å². The van der Waals surface area contributed by atoms with Crippen LogP contribution in [0.4, 0.5) is 0 Å². The van der Waals surface area contributed by atoms with Gasteiger partial charge in [-0.05, 0) is 36.9 Å². The van der Waals surface area contributed by atoms with Crippen LogP contribution in [0.25, 0.3) is 0 Å².